The summed E-state index contributed by atoms with van der Waals surface area (Å²) in [7, 11) is 1.61. The van der Waals surface area contributed by atoms with Gasteiger partial charge in [0.05, 0.1) is 19.4 Å². The number of nitrogens with one attached hydrogen (secondary N) is 1. The molecule has 6 nitrogen and oxygen atoms in total. The van der Waals surface area contributed by atoms with Crippen LogP contribution >= 0.6 is 0 Å². The maximum Gasteiger partial charge on any atom is 0.318 e. The highest BCUT2D eigenvalue weighted by Crippen LogP contribution is 2.12. The molecule has 0 saturated carbocycles. The van der Waals surface area contributed by atoms with E-state index < -0.39 is 0 Å². The van der Waals surface area contributed by atoms with Crippen LogP contribution in [0, 0.1) is 0 Å². The SMILES string of the molecule is COCCN(Cc1ccco1)C(=O)NC(C)CCc1ccc(O)cc1. The molecule has 0 fully saturated rings. The number of aryl methyl sites for hydroxylation is 1. The van der Waals surface area contributed by atoms with Crippen LogP contribution in [0.5, 0.6) is 5.75 Å². The average Bonchev–Trinajstić information content (AvgIpc) is 3.11. The molecule has 136 valence electrons. The number of carbonyl (C=O) groups is 1. The minimum atomic E-state index is -0.133. The number of phenolic OH excluding ortho intramolecular Hbond substituents is 1. The highest BCUT2D eigenvalue weighted by Gasteiger charge is 2.17. The fraction of sp³-hybridized carbons (Fsp3) is 0.421. The first kappa shape index (κ1) is 18.9. The van der Waals surface area contributed by atoms with Gasteiger partial charge in [-0.2, -0.15) is 0 Å². The Morgan fingerprint density at radius 3 is 2.72 bits per heavy atom. The number of benzene rings is 1. The number of furan rings is 1. The summed E-state index contributed by atoms with van der Waals surface area (Å²) in [5, 5.41) is 12.3. The third-order valence-corrected chi connectivity index (χ3v) is 3.95. The second kappa shape index (κ2) is 9.74. The van der Waals surface area contributed by atoms with Gasteiger partial charge in [-0.3, -0.25) is 0 Å². The van der Waals surface area contributed by atoms with E-state index in [-0.39, 0.29) is 17.8 Å². The Labute approximate surface area is 148 Å². The van der Waals surface area contributed by atoms with Crippen molar-refractivity contribution < 1.29 is 19.1 Å². The van der Waals surface area contributed by atoms with E-state index in [4.69, 9.17) is 9.15 Å². The fourth-order valence-corrected chi connectivity index (χ4v) is 2.46. The van der Waals surface area contributed by atoms with Crippen LogP contribution in [0.1, 0.15) is 24.7 Å². The molecule has 2 N–H and O–H groups in total. The summed E-state index contributed by atoms with van der Waals surface area (Å²) in [6, 6.07) is 10.7. The fourth-order valence-electron chi connectivity index (χ4n) is 2.46. The maximum absolute atomic E-state index is 12.5. The molecule has 0 radical (unpaired) electrons. The Morgan fingerprint density at radius 1 is 1.32 bits per heavy atom. The molecule has 1 aromatic heterocycles. The van der Waals surface area contributed by atoms with Crippen molar-refractivity contribution in [2.75, 3.05) is 20.3 Å². The molecule has 2 aromatic rings. The Balaban J connectivity index is 1.84. The van der Waals surface area contributed by atoms with Crippen LogP contribution < -0.4 is 5.32 Å². The number of amides is 2. The lowest BCUT2D eigenvalue weighted by Crippen LogP contribution is -2.44. The summed E-state index contributed by atoms with van der Waals surface area (Å²) >= 11 is 0. The van der Waals surface area contributed by atoms with Crippen LogP contribution in [0.4, 0.5) is 4.79 Å². The molecule has 0 aliphatic rings. The molecule has 1 aromatic carbocycles. The first-order chi connectivity index (χ1) is 12.1. The summed E-state index contributed by atoms with van der Waals surface area (Å²) in [5.74, 6) is 1.000. The summed E-state index contributed by atoms with van der Waals surface area (Å²) in [6.45, 7) is 3.36. The normalized spacial score (nSPS) is 11.9. The van der Waals surface area contributed by atoms with Crippen molar-refractivity contribution in [2.45, 2.75) is 32.4 Å². The second-order valence-corrected chi connectivity index (χ2v) is 6.05. The van der Waals surface area contributed by atoms with Crippen LogP contribution in [0.15, 0.2) is 47.1 Å². The van der Waals surface area contributed by atoms with E-state index in [0.29, 0.717) is 19.7 Å². The standard InChI is InChI=1S/C19H26N2O4/c1-15(5-6-16-7-9-17(22)10-8-16)20-19(23)21(11-13-24-2)14-18-4-3-12-25-18/h3-4,7-10,12,15,22H,5-6,11,13-14H2,1-2H3,(H,20,23). The molecule has 1 atom stereocenters. The topological polar surface area (TPSA) is 74.9 Å². The largest absolute Gasteiger partial charge is 0.508 e. The Kier molecular flexibility index (Phi) is 7.35. The van der Waals surface area contributed by atoms with Gasteiger partial charge in [0.15, 0.2) is 0 Å². The number of carbonyl (C=O) groups excluding carboxylic acids is 1. The van der Waals surface area contributed by atoms with E-state index in [2.05, 4.69) is 5.32 Å². The van der Waals surface area contributed by atoms with Gasteiger partial charge >= 0.3 is 6.03 Å². The minimum absolute atomic E-state index is 0.0305. The van der Waals surface area contributed by atoms with E-state index in [1.54, 1.807) is 30.4 Å². The van der Waals surface area contributed by atoms with E-state index in [1.807, 2.05) is 31.2 Å². The monoisotopic (exact) mass is 346 g/mol. The molecule has 0 aliphatic carbocycles. The predicted octanol–water partition coefficient (Wildman–Crippen LogP) is 3.16. The molecule has 25 heavy (non-hydrogen) atoms. The first-order valence-corrected chi connectivity index (χ1v) is 8.43. The number of ether oxygens (including phenoxy) is 1. The quantitative estimate of drug-likeness (QED) is 0.731. The molecule has 6 heteroatoms. The zero-order valence-corrected chi connectivity index (χ0v) is 14.8. The van der Waals surface area contributed by atoms with Gasteiger partial charge in [-0.15, -0.1) is 0 Å². The summed E-state index contributed by atoms with van der Waals surface area (Å²) in [6.07, 6.45) is 3.25. The lowest BCUT2D eigenvalue weighted by atomic mass is 10.1. The highest BCUT2D eigenvalue weighted by molar-refractivity contribution is 5.74. The number of hydrogen-bond acceptors (Lipinski definition) is 4. The molecule has 0 bridgehead atoms. The van der Waals surface area contributed by atoms with E-state index in [9.17, 15) is 9.90 Å². The number of rotatable bonds is 9. The maximum atomic E-state index is 12.5. The van der Waals surface area contributed by atoms with Crippen LogP contribution in [-0.4, -0.2) is 42.3 Å². The predicted molar refractivity (Wildman–Crippen MR) is 95.4 cm³/mol. The van der Waals surface area contributed by atoms with Crippen molar-refractivity contribution in [3.63, 3.8) is 0 Å². The molecule has 0 saturated heterocycles. The lowest BCUT2D eigenvalue weighted by molar-refractivity contribution is 0.141. The number of methoxy groups -OCH3 is 1. The average molecular weight is 346 g/mol. The number of nitrogens with zero attached hydrogens (tertiary/aromatic N) is 1. The van der Waals surface area contributed by atoms with Crippen molar-refractivity contribution in [3.8, 4) is 5.75 Å². The third-order valence-electron chi connectivity index (χ3n) is 3.95. The molecule has 1 heterocycles. The van der Waals surface area contributed by atoms with Crippen molar-refractivity contribution in [2.24, 2.45) is 0 Å². The van der Waals surface area contributed by atoms with Crippen LogP contribution in [0.25, 0.3) is 0 Å². The highest BCUT2D eigenvalue weighted by atomic mass is 16.5. The van der Waals surface area contributed by atoms with Gasteiger partial charge in [0, 0.05) is 19.7 Å². The van der Waals surface area contributed by atoms with Crippen LogP contribution in [0.3, 0.4) is 0 Å². The summed E-state index contributed by atoms with van der Waals surface area (Å²) in [4.78, 5) is 14.2. The Bertz CT molecular complexity index is 625. The zero-order chi connectivity index (χ0) is 18.1. The Morgan fingerprint density at radius 2 is 2.08 bits per heavy atom. The van der Waals surface area contributed by atoms with E-state index in [1.165, 1.54) is 0 Å². The van der Waals surface area contributed by atoms with Gasteiger partial charge in [-0.25, -0.2) is 4.79 Å². The van der Waals surface area contributed by atoms with Crippen molar-refractivity contribution >= 4 is 6.03 Å². The van der Waals surface area contributed by atoms with E-state index >= 15 is 0 Å². The van der Waals surface area contributed by atoms with Gasteiger partial charge in [0.1, 0.15) is 11.5 Å². The lowest BCUT2D eigenvalue weighted by Gasteiger charge is -2.24. The number of hydrogen-bond donors (Lipinski definition) is 2. The van der Waals surface area contributed by atoms with Gasteiger partial charge in [-0.05, 0) is 49.6 Å². The Hall–Kier alpha value is -2.47. The second-order valence-electron chi connectivity index (χ2n) is 6.05. The molecular formula is C19H26N2O4. The van der Waals surface area contributed by atoms with Crippen LogP contribution in [0.2, 0.25) is 0 Å². The smallest absolute Gasteiger partial charge is 0.318 e. The van der Waals surface area contributed by atoms with E-state index in [0.717, 1.165) is 24.2 Å². The third kappa shape index (κ3) is 6.51. The molecule has 2 rings (SSSR count). The molecule has 0 spiro atoms. The number of phenols is 1. The summed E-state index contributed by atoms with van der Waals surface area (Å²) < 4.78 is 10.4. The van der Waals surface area contributed by atoms with Gasteiger partial charge in [-0.1, -0.05) is 12.1 Å². The van der Waals surface area contributed by atoms with Gasteiger partial charge < -0.3 is 24.5 Å². The van der Waals surface area contributed by atoms with Crippen molar-refractivity contribution in [1.82, 2.24) is 10.2 Å². The van der Waals surface area contributed by atoms with Crippen molar-refractivity contribution in [1.29, 1.82) is 0 Å². The van der Waals surface area contributed by atoms with Crippen LogP contribution in [-0.2, 0) is 17.7 Å². The minimum Gasteiger partial charge on any atom is -0.508 e. The molecule has 0 aliphatic heterocycles. The first-order valence-electron chi connectivity index (χ1n) is 8.43. The molecule has 2 amide bonds. The number of urea groups is 1. The molecule has 1 unspecified atom stereocenters. The molecular weight excluding hydrogens is 320 g/mol. The zero-order valence-electron chi connectivity index (χ0n) is 14.8. The number of aromatic hydroxyl groups is 1. The van der Waals surface area contributed by atoms with Gasteiger partial charge in [0.25, 0.3) is 0 Å². The van der Waals surface area contributed by atoms with Crippen molar-refractivity contribution in [3.05, 3.63) is 54.0 Å². The summed E-state index contributed by atoms with van der Waals surface area (Å²) in [5.41, 5.74) is 1.13. The van der Waals surface area contributed by atoms with Gasteiger partial charge in [0.2, 0.25) is 0 Å².